The van der Waals surface area contributed by atoms with Crippen molar-refractivity contribution in [1.29, 1.82) is 0 Å². The molecule has 0 aliphatic rings. The molecule has 1 rings (SSSR count). The first-order valence-electron chi connectivity index (χ1n) is 6.84. The third kappa shape index (κ3) is 5.55. The zero-order valence-electron chi connectivity index (χ0n) is 12.8. The lowest BCUT2D eigenvalue weighted by molar-refractivity contribution is -0.274. The molecule has 1 unspecified atom stereocenters. The second-order valence-corrected chi connectivity index (χ2v) is 5.32. The molecule has 0 amide bonds. The van der Waals surface area contributed by atoms with Crippen molar-refractivity contribution in [2.24, 2.45) is 0 Å². The first-order valence-corrected chi connectivity index (χ1v) is 6.84. The minimum atomic E-state index is -4.69. The highest BCUT2D eigenvalue weighted by Crippen LogP contribution is 2.32. The lowest BCUT2D eigenvalue weighted by atomic mass is 9.91. The molecule has 0 aliphatic carbocycles. The Morgan fingerprint density at radius 1 is 1.24 bits per heavy atom. The summed E-state index contributed by atoms with van der Waals surface area (Å²) in [6.07, 6.45) is -3.78. The molecule has 120 valence electrons. The molecule has 0 fully saturated rings. The summed E-state index contributed by atoms with van der Waals surface area (Å²) in [5, 5.41) is 3.31. The Balaban J connectivity index is 3.04. The van der Waals surface area contributed by atoms with Crippen molar-refractivity contribution in [3.05, 3.63) is 29.8 Å². The van der Waals surface area contributed by atoms with Crippen LogP contribution in [-0.4, -0.2) is 25.6 Å². The Kier molecular flexibility index (Phi) is 6.04. The van der Waals surface area contributed by atoms with E-state index in [4.69, 9.17) is 4.74 Å². The fraction of sp³-hybridized carbons (Fsp3) is 0.600. The van der Waals surface area contributed by atoms with Gasteiger partial charge in [0.25, 0.3) is 0 Å². The summed E-state index contributed by atoms with van der Waals surface area (Å²) < 4.78 is 46.4. The van der Waals surface area contributed by atoms with Crippen LogP contribution in [0.25, 0.3) is 0 Å². The predicted octanol–water partition coefficient (Wildman–Crippen LogP) is 4.05. The van der Waals surface area contributed by atoms with Gasteiger partial charge in [-0.3, -0.25) is 0 Å². The van der Waals surface area contributed by atoms with Gasteiger partial charge < -0.3 is 14.8 Å². The van der Waals surface area contributed by atoms with E-state index < -0.39 is 12.0 Å². The van der Waals surface area contributed by atoms with Crippen LogP contribution >= 0.6 is 0 Å². The highest BCUT2D eigenvalue weighted by atomic mass is 19.4. The maximum atomic E-state index is 12.3. The zero-order valence-corrected chi connectivity index (χ0v) is 12.8. The summed E-state index contributed by atoms with van der Waals surface area (Å²) in [7, 11) is 1.58. The Morgan fingerprint density at radius 3 is 2.43 bits per heavy atom. The summed E-state index contributed by atoms with van der Waals surface area (Å²) in [6.45, 7) is 6.53. The Bertz CT molecular complexity index is 447. The van der Waals surface area contributed by atoms with Crippen LogP contribution in [0.5, 0.6) is 5.75 Å². The Hall–Kier alpha value is -1.27. The van der Waals surface area contributed by atoms with Gasteiger partial charge in [0.1, 0.15) is 5.75 Å². The van der Waals surface area contributed by atoms with Crippen LogP contribution in [0.2, 0.25) is 0 Å². The van der Waals surface area contributed by atoms with Gasteiger partial charge in [-0.2, -0.15) is 0 Å². The van der Waals surface area contributed by atoms with Crippen LogP contribution < -0.4 is 10.1 Å². The SMILES string of the molecule is CCCNC(c1cccc(OC(F)(F)F)c1)C(C)(C)OC. The van der Waals surface area contributed by atoms with Crippen LogP contribution in [0, 0.1) is 0 Å². The maximum Gasteiger partial charge on any atom is 0.573 e. The van der Waals surface area contributed by atoms with Crippen molar-refractivity contribution in [3.63, 3.8) is 0 Å². The first-order chi connectivity index (χ1) is 9.69. The lowest BCUT2D eigenvalue weighted by Crippen LogP contribution is -2.41. The predicted molar refractivity (Wildman–Crippen MR) is 75.2 cm³/mol. The van der Waals surface area contributed by atoms with E-state index in [1.165, 1.54) is 12.1 Å². The van der Waals surface area contributed by atoms with Gasteiger partial charge in [0.05, 0.1) is 11.6 Å². The standard InChI is InChI=1S/C15H22F3NO2/c1-5-9-19-13(14(2,3)20-4)11-7-6-8-12(10-11)21-15(16,17)18/h6-8,10,13,19H,5,9H2,1-4H3. The molecule has 0 aliphatic heterocycles. The van der Waals surface area contributed by atoms with Crippen molar-refractivity contribution < 1.29 is 22.6 Å². The van der Waals surface area contributed by atoms with Gasteiger partial charge in [-0.05, 0) is 44.5 Å². The van der Waals surface area contributed by atoms with Crippen molar-refractivity contribution in [2.75, 3.05) is 13.7 Å². The molecule has 1 aromatic carbocycles. The number of ether oxygens (including phenoxy) is 2. The van der Waals surface area contributed by atoms with E-state index in [9.17, 15) is 13.2 Å². The average molecular weight is 305 g/mol. The number of hydrogen-bond donors (Lipinski definition) is 1. The highest BCUT2D eigenvalue weighted by Gasteiger charge is 2.33. The number of nitrogens with one attached hydrogen (secondary N) is 1. The molecular formula is C15H22F3NO2. The van der Waals surface area contributed by atoms with Crippen molar-refractivity contribution >= 4 is 0 Å². The molecule has 21 heavy (non-hydrogen) atoms. The van der Waals surface area contributed by atoms with Crippen LogP contribution in [0.1, 0.15) is 38.8 Å². The van der Waals surface area contributed by atoms with Gasteiger partial charge in [0.15, 0.2) is 0 Å². The molecule has 0 aromatic heterocycles. The van der Waals surface area contributed by atoms with Crippen molar-refractivity contribution in [3.8, 4) is 5.75 Å². The van der Waals surface area contributed by atoms with Gasteiger partial charge in [0.2, 0.25) is 0 Å². The Labute approximate surface area is 123 Å². The fourth-order valence-electron chi connectivity index (χ4n) is 2.06. The molecule has 0 saturated carbocycles. The minimum absolute atomic E-state index is 0.227. The second kappa shape index (κ2) is 7.13. The molecule has 0 saturated heterocycles. The normalized spacial score (nSPS) is 14.0. The average Bonchev–Trinajstić information content (AvgIpc) is 2.37. The number of alkyl halides is 3. The molecule has 1 N–H and O–H groups in total. The quantitative estimate of drug-likeness (QED) is 0.824. The summed E-state index contributed by atoms with van der Waals surface area (Å²) in [5.74, 6) is -0.227. The van der Waals surface area contributed by atoms with Crippen LogP contribution in [0.4, 0.5) is 13.2 Å². The van der Waals surface area contributed by atoms with E-state index in [-0.39, 0.29) is 11.8 Å². The van der Waals surface area contributed by atoms with Gasteiger partial charge in [-0.1, -0.05) is 19.1 Å². The van der Waals surface area contributed by atoms with E-state index >= 15 is 0 Å². The molecule has 0 spiro atoms. The van der Waals surface area contributed by atoms with Gasteiger partial charge in [-0.15, -0.1) is 13.2 Å². The number of methoxy groups -OCH3 is 1. The third-order valence-electron chi connectivity index (χ3n) is 3.24. The van der Waals surface area contributed by atoms with E-state index in [1.807, 2.05) is 20.8 Å². The molecule has 3 nitrogen and oxygen atoms in total. The van der Waals surface area contributed by atoms with E-state index in [0.717, 1.165) is 13.0 Å². The third-order valence-corrected chi connectivity index (χ3v) is 3.24. The molecule has 0 bridgehead atoms. The summed E-state index contributed by atoms with van der Waals surface area (Å²) in [6, 6.07) is 5.74. The number of hydrogen-bond acceptors (Lipinski definition) is 3. The van der Waals surface area contributed by atoms with E-state index in [0.29, 0.717) is 5.56 Å². The van der Waals surface area contributed by atoms with Crippen LogP contribution in [-0.2, 0) is 4.74 Å². The summed E-state index contributed by atoms with van der Waals surface area (Å²) >= 11 is 0. The molecule has 1 aromatic rings. The summed E-state index contributed by atoms with van der Waals surface area (Å²) in [4.78, 5) is 0. The Morgan fingerprint density at radius 2 is 1.90 bits per heavy atom. The van der Waals surface area contributed by atoms with E-state index in [1.54, 1.807) is 19.2 Å². The molecule has 0 heterocycles. The zero-order chi connectivity index (χ0) is 16.1. The smallest absolute Gasteiger partial charge is 0.406 e. The number of halogens is 3. The lowest BCUT2D eigenvalue weighted by Gasteiger charge is -2.34. The molecule has 6 heteroatoms. The molecule has 0 radical (unpaired) electrons. The van der Waals surface area contributed by atoms with Crippen molar-refractivity contribution in [1.82, 2.24) is 5.32 Å². The van der Waals surface area contributed by atoms with E-state index in [2.05, 4.69) is 10.1 Å². The highest BCUT2D eigenvalue weighted by molar-refractivity contribution is 5.32. The van der Waals surface area contributed by atoms with Crippen LogP contribution in [0.15, 0.2) is 24.3 Å². The summed E-state index contributed by atoms with van der Waals surface area (Å²) in [5.41, 5.74) is 0.128. The minimum Gasteiger partial charge on any atom is -0.406 e. The fourth-order valence-corrected chi connectivity index (χ4v) is 2.06. The van der Waals surface area contributed by atoms with Crippen molar-refractivity contribution in [2.45, 2.75) is 45.2 Å². The van der Waals surface area contributed by atoms with Crippen LogP contribution in [0.3, 0.4) is 0 Å². The number of benzene rings is 1. The largest absolute Gasteiger partial charge is 0.573 e. The first kappa shape index (κ1) is 17.8. The maximum absolute atomic E-state index is 12.3. The monoisotopic (exact) mass is 305 g/mol. The van der Waals surface area contributed by atoms with Gasteiger partial charge in [-0.25, -0.2) is 0 Å². The topological polar surface area (TPSA) is 30.5 Å². The van der Waals surface area contributed by atoms with Gasteiger partial charge >= 0.3 is 6.36 Å². The molecule has 1 atom stereocenters. The second-order valence-electron chi connectivity index (χ2n) is 5.32. The number of rotatable bonds is 7. The molecular weight excluding hydrogens is 283 g/mol. The van der Waals surface area contributed by atoms with Gasteiger partial charge in [0, 0.05) is 7.11 Å².